The van der Waals surface area contributed by atoms with Gasteiger partial charge in [0.05, 0.1) is 5.60 Å². The molecular weight excluding hydrogens is 280 g/mol. The molecular formula is C22H20O. The SMILES string of the molecule is OC1(c2ccccc2)CC(c2ccccc2)(c2ccccc2)C1. The molecule has 0 unspecified atom stereocenters. The maximum absolute atomic E-state index is 11.1. The third-order valence-corrected chi connectivity index (χ3v) is 5.15. The van der Waals surface area contributed by atoms with Crippen LogP contribution in [0.2, 0.25) is 0 Å². The largest absolute Gasteiger partial charge is 0.385 e. The van der Waals surface area contributed by atoms with E-state index in [1.807, 2.05) is 42.5 Å². The van der Waals surface area contributed by atoms with Crippen molar-refractivity contribution in [2.24, 2.45) is 0 Å². The van der Waals surface area contributed by atoms with E-state index in [4.69, 9.17) is 0 Å². The van der Waals surface area contributed by atoms with Crippen LogP contribution in [-0.4, -0.2) is 5.11 Å². The second kappa shape index (κ2) is 5.36. The fraction of sp³-hybridized carbons (Fsp3) is 0.182. The highest BCUT2D eigenvalue weighted by molar-refractivity contribution is 5.46. The molecule has 114 valence electrons. The molecule has 1 aliphatic rings. The second-order valence-corrected chi connectivity index (χ2v) is 6.57. The average Bonchev–Trinajstić information content (AvgIpc) is 2.61. The zero-order chi connectivity index (χ0) is 15.8. The van der Waals surface area contributed by atoms with Crippen molar-refractivity contribution >= 4 is 0 Å². The van der Waals surface area contributed by atoms with Crippen LogP contribution in [0.15, 0.2) is 91.0 Å². The molecule has 1 nitrogen and oxygen atoms in total. The highest BCUT2D eigenvalue weighted by atomic mass is 16.3. The van der Waals surface area contributed by atoms with E-state index in [1.165, 1.54) is 11.1 Å². The molecule has 3 aromatic carbocycles. The number of rotatable bonds is 3. The van der Waals surface area contributed by atoms with E-state index in [9.17, 15) is 5.11 Å². The lowest BCUT2D eigenvalue weighted by molar-refractivity contribution is -0.0838. The molecule has 0 aliphatic heterocycles. The van der Waals surface area contributed by atoms with Gasteiger partial charge in [0.1, 0.15) is 0 Å². The number of aliphatic hydroxyl groups is 1. The summed E-state index contributed by atoms with van der Waals surface area (Å²) < 4.78 is 0. The molecule has 1 saturated carbocycles. The van der Waals surface area contributed by atoms with Crippen LogP contribution >= 0.6 is 0 Å². The summed E-state index contributed by atoms with van der Waals surface area (Å²) in [5.74, 6) is 0. The van der Waals surface area contributed by atoms with Crippen molar-refractivity contribution in [3.8, 4) is 0 Å². The van der Waals surface area contributed by atoms with E-state index < -0.39 is 5.60 Å². The Labute approximate surface area is 137 Å². The van der Waals surface area contributed by atoms with E-state index in [1.54, 1.807) is 0 Å². The lowest BCUT2D eigenvalue weighted by atomic mass is 9.51. The van der Waals surface area contributed by atoms with Crippen molar-refractivity contribution in [1.82, 2.24) is 0 Å². The maximum atomic E-state index is 11.1. The second-order valence-electron chi connectivity index (χ2n) is 6.57. The van der Waals surface area contributed by atoms with Crippen molar-refractivity contribution < 1.29 is 5.11 Å². The molecule has 4 rings (SSSR count). The Morgan fingerprint density at radius 1 is 0.522 bits per heavy atom. The van der Waals surface area contributed by atoms with Crippen molar-refractivity contribution in [3.05, 3.63) is 108 Å². The molecule has 3 aromatic rings. The zero-order valence-electron chi connectivity index (χ0n) is 13.0. The summed E-state index contributed by atoms with van der Waals surface area (Å²) in [6, 6.07) is 31.2. The smallest absolute Gasteiger partial charge is 0.0920 e. The minimum absolute atomic E-state index is 0.104. The summed E-state index contributed by atoms with van der Waals surface area (Å²) in [6.07, 6.45) is 1.44. The zero-order valence-corrected chi connectivity index (χ0v) is 13.0. The predicted molar refractivity (Wildman–Crippen MR) is 93.2 cm³/mol. The summed E-state index contributed by atoms with van der Waals surface area (Å²) in [5, 5.41) is 11.1. The topological polar surface area (TPSA) is 20.2 Å². The van der Waals surface area contributed by atoms with Gasteiger partial charge in [-0.05, 0) is 29.5 Å². The summed E-state index contributed by atoms with van der Waals surface area (Å²) >= 11 is 0. The van der Waals surface area contributed by atoms with Crippen LogP contribution in [0.3, 0.4) is 0 Å². The van der Waals surface area contributed by atoms with Crippen LogP contribution in [0.5, 0.6) is 0 Å². The third kappa shape index (κ3) is 2.29. The number of hydrogen-bond acceptors (Lipinski definition) is 1. The van der Waals surface area contributed by atoms with Crippen molar-refractivity contribution in [1.29, 1.82) is 0 Å². The van der Waals surface area contributed by atoms with Crippen molar-refractivity contribution in [2.75, 3.05) is 0 Å². The van der Waals surface area contributed by atoms with Gasteiger partial charge in [-0.1, -0.05) is 91.0 Å². The molecule has 1 aliphatic carbocycles. The molecule has 0 spiro atoms. The van der Waals surface area contributed by atoms with Gasteiger partial charge in [-0.3, -0.25) is 0 Å². The Kier molecular flexibility index (Phi) is 3.32. The molecule has 1 fully saturated rings. The first-order valence-corrected chi connectivity index (χ1v) is 8.12. The lowest BCUT2D eigenvalue weighted by Crippen LogP contribution is -2.53. The van der Waals surface area contributed by atoms with Gasteiger partial charge in [0, 0.05) is 5.41 Å². The molecule has 0 radical (unpaired) electrons. The number of hydrogen-bond donors (Lipinski definition) is 1. The fourth-order valence-corrected chi connectivity index (χ4v) is 3.99. The van der Waals surface area contributed by atoms with Crippen molar-refractivity contribution in [2.45, 2.75) is 23.9 Å². The van der Waals surface area contributed by atoms with Gasteiger partial charge in [-0.25, -0.2) is 0 Å². The fourth-order valence-electron chi connectivity index (χ4n) is 3.99. The first kappa shape index (κ1) is 14.2. The first-order chi connectivity index (χ1) is 11.2. The van der Waals surface area contributed by atoms with E-state index in [-0.39, 0.29) is 5.41 Å². The van der Waals surface area contributed by atoms with E-state index >= 15 is 0 Å². The Bertz CT molecular complexity index is 730. The minimum atomic E-state index is -0.743. The molecule has 0 saturated heterocycles. The molecule has 0 aromatic heterocycles. The molecule has 0 heterocycles. The van der Waals surface area contributed by atoms with Gasteiger partial charge in [-0.15, -0.1) is 0 Å². The highest BCUT2D eigenvalue weighted by Crippen LogP contribution is 2.58. The van der Waals surface area contributed by atoms with Crippen LogP contribution in [0.1, 0.15) is 29.5 Å². The normalized spacial score (nSPS) is 18.1. The van der Waals surface area contributed by atoms with E-state index in [2.05, 4.69) is 48.5 Å². The molecule has 1 N–H and O–H groups in total. The molecule has 0 bridgehead atoms. The number of benzene rings is 3. The predicted octanol–water partition coefficient (Wildman–Crippen LogP) is 4.65. The van der Waals surface area contributed by atoms with E-state index in [0.717, 1.165) is 18.4 Å². The van der Waals surface area contributed by atoms with Crippen LogP contribution in [0.4, 0.5) is 0 Å². The minimum Gasteiger partial charge on any atom is -0.385 e. The summed E-state index contributed by atoms with van der Waals surface area (Å²) in [5.41, 5.74) is 2.74. The van der Waals surface area contributed by atoms with Gasteiger partial charge < -0.3 is 5.11 Å². The first-order valence-electron chi connectivity index (χ1n) is 8.12. The van der Waals surface area contributed by atoms with E-state index in [0.29, 0.717) is 0 Å². The molecule has 0 amide bonds. The van der Waals surface area contributed by atoms with Crippen LogP contribution in [-0.2, 0) is 11.0 Å². The Morgan fingerprint density at radius 3 is 1.26 bits per heavy atom. The average molecular weight is 300 g/mol. The summed E-state index contributed by atoms with van der Waals surface area (Å²) in [7, 11) is 0. The standard InChI is InChI=1S/C22H20O/c23-22(20-14-8-3-9-15-20)16-21(17-22,18-10-4-1-5-11-18)19-12-6-2-7-13-19/h1-15,23H,16-17H2. The monoisotopic (exact) mass is 300 g/mol. The quantitative estimate of drug-likeness (QED) is 0.746. The van der Waals surface area contributed by atoms with Gasteiger partial charge in [0.25, 0.3) is 0 Å². The van der Waals surface area contributed by atoms with Crippen LogP contribution in [0.25, 0.3) is 0 Å². The summed E-state index contributed by atoms with van der Waals surface area (Å²) in [4.78, 5) is 0. The van der Waals surface area contributed by atoms with Gasteiger partial charge >= 0.3 is 0 Å². The Hall–Kier alpha value is -2.38. The highest BCUT2D eigenvalue weighted by Gasteiger charge is 2.56. The summed E-state index contributed by atoms with van der Waals surface area (Å²) in [6.45, 7) is 0. The molecule has 23 heavy (non-hydrogen) atoms. The Balaban J connectivity index is 1.77. The molecule has 0 atom stereocenters. The molecule has 1 heteroatoms. The Morgan fingerprint density at radius 2 is 0.870 bits per heavy atom. The third-order valence-electron chi connectivity index (χ3n) is 5.15. The van der Waals surface area contributed by atoms with Crippen LogP contribution < -0.4 is 0 Å². The van der Waals surface area contributed by atoms with Gasteiger partial charge in [-0.2, -0.15) is 0 Å². The lowest BCUT2D eigenvalue weighted by Gasteiger charge is -2.54. The van der Waals surface area contributed by atoms with Gasteiger partial charge in [0.2, 0.25) is 0 Å². The van der Waals surface area contributed by atoms with Crippen LogP contribution in [0, 0.1) is 0 Å². The maximum Gasteiger partial charge on any atom is 0.0920 e. The van der Waals surface area contributed by atoms with Gasteiger partial charge in [0.15, 0.2) is 0 Å². The van der Waals surface area contributed by atoms with Crippen molar-refractivity contribution in [3.63, 3.8) is 0 Å².